The Morgan fingerprint density at radius 1 is 1.28 bits per heavy atom. The average Bonchev–Trinajstić information content (AvgIpc) is 3.45. The Labute approximate surface area is 170 Å². The first kappa shape index (κ1) is 20.0. The molecule has 2 aromatic heterocycles. The topological polar surface area (TPSA) is 98.2 Å². The van der Waals surface area contributed by atoms with Crippen LogP contribution >= 0.6 is 0 Å². The molecule has 2 fully saturated rings. The number of fused-ring (bicyclic) bond motifs is 1. The number of hydrogen-bond donors (Lipinski definition) is 1. The Bertz CT molecular complexity index is 847. The number of carbonyl (C=O) groups excluding carboxylic acids is 1. The zero-order chi connectivity index (χ0) is 20.5. The number of nitrogens with zero attached hydrogens (tertiary/aromatic N) is 5. The standard InChI is InChI=1S/C20H30N6O3/c1-12(2)16-7-17(23-22-16)20(27)25-8-13-5-18(19(29-4)6-14(13)9-25)26-10-15(11-28-3)21-24-26/h7,10,12-14,18-19H,5-6,8-9,11H2,1-4H3,(H,22,23)/t13-,14+,18-,19-/m1/s1. The second-order valence-electron chi connectivity index (χ2n) is 8.53. The fourth-order valence-electron chi connectivity index (χ4n) is 4.68. The van der Waals surface area contributed by atoms with Gasteiger partial charge in [-0.3, -0.25) is 9.89 Å². The van der Waals surface area contributed by atoms with E-state index in [-0.39, 0.29) is 18.1 Å². The second-order valence-corrected chi connectivity index (χ2v) is 8.53. The molecule has 1 saturated carbocycles. The highest BCUT2D eigenvalue weighted by atomic mass is 16.5. The monoisotopic (exact) mass is 402 g/mol. The lowest BCUT2D eigenvalue weighted by Gasteiger charge is -2.36. The molecule has 1 aliphatic carbocycles. The van der Waals surface area contributed by atoms with Crippen LogP contribution in [-0.2, 0) is 16.1 Å². The number of rotatable bonds is 6. The van der Waals surface area contributed by atoms with Crippen LogP contribution in [0.1, 0.15) is 60.5 Å². The molecule has 0 spiro atoms. The van der Waals surface area contributed by atoms with E-state index in [1.807, 2.05) is 21.8 Å². The third-order valence-corrected chi connectivity index (χ3v) is 6.30. The van der Waals surface area contributed by atoms with Crippen molar-refractivity contribution in [3.8, 4) is 0 Å². The van der Waals surface area contributed by atoms with Gasteiger partial charge in [0.2, 0.25) is 0 Å². The molecule has 9 heteroatoms. The van der Waals surface area contributed by atoms with Gasteiger partial charge in [0.05, 0.1) is 24.9 Å². The van der Waals surface area contributed by atoms with E-state index in [9.17, 15) is 4.79 Å². The van der Waals surface area contributed by atoms with Crippen LogP contribution in [0.4, 0.5) is 0 Å². The van der Waals surface area contributed by atoms with Crippen LogP contribution in [-0.4, -0.2) is 69.4 Å². The summed E-state index contributed by atoms with van der Waals surface area (Å²) in [6.45, 7) is 6.12. The number of carbonyl (C=O) groups is 1. The second kappa shape index (κ2) is 8.23. The van der Waals surface area contributed by atoms with Crippen molar-refractivity contribution < 1.29 is 14.3 Å². The molecule has 0 aromatic carbocycles. The summed E-state index contributed by atoms with van der Waals surface area (Å²) >= 11 is 0. The molecular formula is C20H30N6O3. The molecule has 1 aliphatic heterocycles. The van der Waals surface area contributed by atoms with Crippen LogP contribution < -0.4 is 0 Å². The van der Waals surface area contributed by atoms with E-state index in [4.69, 9.17) is 9.47 Å². The smallest absolute Gasteiger partial charge is 0.274 e. The van der Waals surface area contributed by atoms with Crippen molar-refractivity contribution in [1.29, 1.82) is 0 Å². The van der Waals surface area contributed by atoms with Gasteiger partial charge in [0, 0.05) is 33.0 Å². The lowest BCUT2D eigenvalue weighted by atomic mass is 9.77. The minimum absolute atomic E-state index is 0.0104. The highest BCUT2D eigenvalue weighted by Crippen LogP contribution is 2.42. The molecule has 4 atom stereocenters. The normalized spacial score (nSPS) is 26.9. The maximum absolute atomic E-state index is 13.0. The molecule has 1 N–H and O–H groups in total. The molecule has 2 aromatic rings. The summed E-state index contributed by atoms with van der Waals surface area (Å²) in [6.07, 6.45) is 3.82. The zero-order valence-electron chi connectivity index (χ0n) is 17.5. The Kier molecular flexibility index (Phi) is 5.69. The maximum atomic E-state index is 13.0. The van der Waals surface area contributed by atoms with E-state index in [0.29, 0.717) is 30.1 Å². The fourth-order valence-corrected chi connectivity index (χ4v) is 4.68. The van der Waals surface area contributed by atoms with Gasteiger partial charge in [-0.1, -0.05) is 19.1 Å². The van der Waals surface area contributed by atoms with Crippen molar-refractivity contribution in [2.75, 3.05) is 27.3 Å². The summed E-state index contributed by atoms with van der Waals surface area (Å²) in [6, 6.07) is 2.00. The van der Waals surface area contributed by atoms with E-state index < -0.39 is 0 Å². The summed E-state index contributed by atoms with van der Waals surface area (Å²) in [5, 5.41) is 15.7. The lowest BCUT2D eigenvalue weighted by Crippen LogP contribution is -2.37. The first-order chi connectivity index (χ1) is 14.0. The lowest BCUT2D eigenvalue weighted by molar-refractivity contribution is -0.00548. The summed E-state index contributed by atoms with van der Waals surface area (Å²) < 4.78 is 12.9. The number of nitrogens with one attached hydrogen (secondary N) is 1. The van der Waals surface area contributed by atoms with Gasteiger partial charge in [-0.25, -0.2) is 4.68 Å². The van der Waals surface area contributed by atoms with Gasteiger partial charge in [0.15, 0.2) is 0 Å². The third-order valence-electron chi connectivity index (χ3n) is 6.30. The van der Waals surface area contributed by atoms with E-state index in [1.54, 1.807) is 14.2 Å². The molecule has 0 radical (unpaired) electrons. The molecule has 4 rings (SSSR count). The van der Waals surface area contributed by atoms with Crippen LogP contribution in [0.5, 0.6) is 0 Å². The van der Waals surface area contributed by atoms with Crippen molar-refractivity contribution in [3.05, 3.63) is 29.3 Å². The van der Waals surface area contributed by atoms with E-state index in [2.05, 4.69) is 34.4 Å². The number of amides is 1. The molecule has 1 amide bonds. The molecular weight excluding hydrogens is 372 g/mol. The number of ether oxygens (including phenoxy) is 2. The average molecular weight is 402 g/mol. The van der Waals surface area contributed by atoms with E-state index in [1.165, 1.54) is 0 Å². The first-order valence-corrected chi connectivity index (χ1v) is 10.3. The van der Waals surface area contributed by atoms with Crippen molar-refractivity contribution in [2.45, 2.75) is 51.4 Å². The van der Waals surface area contributed by atoms with Crippen LogP contribution in [0.15, 0.2) is 12.3 Å². The molecule has 2 aliphatic rings. The highest BCUT2D eigenvalue weighted by Gasteiger charge is 2.45. The molecule has 9 nitrogen and oxygen atoms in total. The van der Waals surface area contributed by atoms with Crippen LogP contribution in [0.3, 0.4) is 0 Å². The van der Waals surface area contributed by atoms with Crippen LogP contribution in [0.2, 0.25) is 0 Å². The van der Waals surface area contributed by atoms with Crippen molar-refractivity contribution >= 4 is 5.91 Å². The number of H-pyrrole nitrogens is 1. The van der Waals surface area contributed by atoms with Gasteiger partial charge in [-0.15, -0.1) is 5.10 Å². The minimum Gasteiger partial charge on any atom is -0.379 e. The number of likely N-dealkylation sites (tertiary alicyclic amines) is 1. The van der Waals surface area contributed by atoms with Gasteiger partial charge in [-0.2, -0.15) is 5.10 Å². The number of methoxy groups -OCH3 is 2. The summed E-state index contributed by atoms with van der Waals surface area (Å²) in [7, 11) is 3.40. The Balaban J connectivity index is 1.46. The molecule has 0 bridgehead atoms. The summed E-state index contributed by atoms with van der Waals surface area (Å²) in [5.74, 6) is 1.19. The fraction of sp³-hybridized carbons (Fsp3) is 0.700. The van der Waals surface area contributed by atoms with Gasteiger partial charge in [-0.05, 0) is 36.7 Å². The van der Waals surface area contributed by atoms with Gasteiger partial charge in [0.25, 0.3) is 5.91 Å². The first-order valence-electron chi connectivity index (χ1n) is 10.3. The number of aromatic amines is 1. The largest absolute Gasteiger partial charge is 0.379 e. The molecule has 158 valence electrons. The molecule has 29 heavy (non-hydrogen) atoms. The van der Waals surface area contributed by atoms with Crippen molar-refractivity contribution in [3.63, 3.8) is 0 Å². The predicted molar refractivity (Wildman–Crippen MR) is 105 cm³/mol. The molecule has 0 unspecified atom stereocenters. The SMILES string of the molecule is COCc1cn([C@@H]2C[C@@H]3CN(C(=O)c4cc(C(C)C)[nH]n4)C[C@@H]3C[C@H]2OC)nn1. The quantitative estimate of drug-likeness (QED) is 0.794. The summed E-state index contributed by atoms with van der Waals surface area (Å²) in [5.41, 5.74) is 2.31. The Morgan fingerprint density at radius 3 is 2.69 bits per heavy atom. The Morgan fingerprint density at radius 2 is 2.03 bits per heavy atom. The number of aromatic nitrogens is 5. The summed E-state index contributed by atoms with van der Waals surface area (Å²) in [4.78, 5) is 14.9. The molecule has 1 saturated heterocycles. The van der Waals surface area contributed by atoms with Crippen molar-refractivity contribution in [1.82, 2.24) is 30.1 Å². The van der Waals surface area contributed by atoms with Gasteiger partial charge < -0.3 is 14.4 Å². The Hall–Kier alpha value is -2.26. The van der Waals surface area contributed by atoms with Crippen LogP contribution in [0, 0.1) is 11.8 Å². The van der Waals surface area contributed by atoms with E-state index >= 15 is 0 Å². The highest BCUT2D eigenvalue weighted by molar-refractivity contribution is 5.92. The molecule has 3 heterocycles. The zero-order valence-corrected chi connectivity index (χ0v) is 17.5. The van der Waals surface area contributed by atoms with Crippen LogP contribution in [0.25, 0.3) is 0 Å². The number of hydrogen-bond acceptors (Lipinski definition) is 6. The van der Waals surface area contributed by atoms with Crippen molar-refractivity contribution in [2.24, 2.45) is 11.8 Å². The maximum Gasteiger partial charge on any atom is 0.274 e. The van der Waals surface area contributed by atoms with E-state index in [0.717, 1.165) is 37.3 Å². The van der Waals surface area contributed by atoms with Gasteiger partial charge >= 0.3 is 0 Å². The predicted octanol–water partition coefficient (Wildman–Crippen LogP) is 2.01. The minimum atomic E-state index is 0.0104. The third kappa shape index (κ3) is 3.93. The van der Waals surface area contributed by atoms with Gasteiger partial charge in [0.1, 0.15) is 11.4 Å².